The first-order valence-electron chi connectivity index (χ1n) is 9.03. The van der Waals surface area contributed by atoms with Gasteiger partial charge < -0.3 is 25.7 Å². The molecule has 1 rings (SSSR count). The molecule has 0 atom stereocenters. The van der Waals surface area contributed by atoms with Gasteiger partial charge in [0.15, 0.2) is 5.66 Å². The van der Waals surface area contributed by atoms with E-state index < -0.39 is 17.2 Å². The van der Waals surface area contributed by atoms with E-state index in [-0.39, 0.29) is 25.0 Å². The fourth-order valence-electron chi connectivity index (χ4n) is 2.20. The summed E-state index contributed by atoms with van der Waals surface area (Å²) < 4.78 is 15.8. The van der Waals surface area contributed by atoms with Crippen LogP contribution in [0.1, 0.15) is 40.0 Å². The number of hydrogen-bond donors (Lipinski definition) is 2. The van der Waals surface area contributed by atoms with Crippen molar-refractivity contribution in [3.63, 3.8) is 0 Å². The Labute approximate surface area is 160 Å². The van der Waals surface area contributed by atoms with Gasteiger partial charge in [0.1, 0.15) is 5.60 Å². The van der Waals surface area contributed by atoms with Crippen molar-refractivity contribution in [2.75, 3.05) is 33.0 Å². The van der Waals surface area contributed by atoms with Gasteiger partial charge in [-0.05, 0) is 40.0 Å². The molecule has 4 N–H and O–H groups in total. The van der Waals surface area contributed by atoms with Crippen LogP contribution in [0.5, 0.6) is 0 Å². The lowest BCUT2D eigenvalue weighted by molar-refractivity contribution is -0.164. The van der Waals surface area contributed by atoms with Crippen LogP contribution < -0.4 is 11.5 Å². The highest BCUT2D eigenvalue weighted by Crippen LogP contribution is 2.10. The SMILES string of the molecule is CC(C)(C)OC(=O)C(N)(N)COCCOCCCCCN1C(=O)C=CC1=O. The number of rotatable bonds is 12. The van der Waals surface area contributed by atoms with Crippen molar-refractivity contribution in [2.24, 2.45) is 11.5 Å². The molecule has 0 aromatic heterocycles. The average Bonchev–Trinajstić information content (AvgIpc) is 2.86. The van der Waals surface area contributed by atoms with E-state index >= 15 is 0 Å². The van der Waals surface area contributed by atoms with Crippen molar-refractivity contribution in [3.8, 4) is 0 Å². The van der Waals surface area contributed by atoms with E-state index in [9.17, 15) is 14.4 Å². The van der Waals surface area contributed by atoms with Crippen LogP contribution in [0.4, 0.5) is 0 Å². The highest BCUT2D eigenvalue weighted by Gasteiger charge is 2.34. The van der Waals surface area contributed by atoms with Crippen molar-refractivity contribution in [2.45, 2.75) is 51.3 Å². The Bertz CT molecular complexity index is 536. The van der Waals surface area contributed by atoms with Gasteiger partial charge in [-0.25, -0.2) is 4.79 Å². The van der Waals surface area contributed by atoms with Crippen LogP contribution in [0, 0.1) is 0 Å². The molecule has 0 aromatic carbocycles. The molecular formula is C18H31N3O6. The van der Waals surface area contributed by atoms with Crippen LogP contribution in [-0.2, 0) is 28.6 Å². The summed E-state index contributed by atoms with van der Waals surface area (Å²) in [7, 11) is 0. The van der Waals surface area contributed by atoms with Crippen LogP contribution in [0.15, 0.2) is 12.2 Å². The van der Waals surface area contributed by atoms with Crippen molar-refractivity contribution >= 4 is 17.8 Å². The van der Waals surface area contributed by atoms with Gasteiger partial charge in [-0.1, -0.05) is 0 Å². The number of nitrogens with zero attached hydrogens (tertiary/aromatic N) is 1. The molecule has 0 aromatic rings. The zero-order valence-electron chi connectivity index (χ0n) is 16.4. The number of nitrogens with two attached hydrogens (primary N) is 2. The first kappa shape index (κ1) is 23.2. The molecule has 0 bridgehead atoms. The molecular weight excluding hydrogens is 354 g/mol. The van der Waals surface area contributed by atoms with E-state index in [1.807, 2.05) is 0 Å². The summed E-state index contributed by atoms with van der Waals surface area (Å²) in [6, 6.07) is 0. The molecule has 1 aliphatic rings. The molecule has 27 heavy (non-hydrogen) atoms. The molecule has 154 valence electrons. The summed E-state index contributed by atoms with van der Waals surface area (Å²) in [5, 5.41) is 0. The summed E-state index contributed by atoms with van der Waals surface area (Å²) in [5.41, 5.74) is 9.06. The molecule has 9 heteroatoms. The number of unbranched alkanes of at least 4 members (excludes halogenated alkanes) is 2. The van der Waals surface area contributed by atoms with Gasteiger partial charge in [0.25, 0.3) is 11.8 Å². The van der Waals surface area contributed by atoms with Crippen LogP contribution in [-0.4, -0.2) is 66.9 Å². The lowest BCUT2D eigenvalue weighted by Crippen LogP contribution is -2.61. The number of hydrogen-bond acceptors (Lipinski definition) is 8. The standard InChI is InChI=1S/C18H31N3O6/c1-17(2,3)27-16(24)18(19,20)13-26-12-11-25-10-6-4-5-9-21-14(22)7-8-15(21)23/h7-8H,4-6,9-13,19-20H2,1-3H3. The zero-order valence-corrected chi connectivity index (χ0v) is 16.4. The predicted molar refractivity (Wildman–Crippen MR) is 98.3 cm³/mol. The van der Waals surface area contributed by atoms with Crippen molar-refractivity contribution < 1.29 is 28.6 Å². The summed E-state index contributed by atoms with van der Waals surface area (Å²) in [4.78, 5) is 35.8. The van der Waals surface area contributed by atoms with Crippen molar-refractivity contribution in [1.29, 1.82) is 0 Å². The lowest BCUT2D eigenvalue weighted by atomic mass is 10.1. The molecule has 0 fully saturated rings. The number of carbonyl (C=O) groups excluding carboxylic acids is 3. The average molecular weight is 385 g/mol. The molecule has 0 saturated heterocycles. The minimum Gasteiger partial charge on any atom is -0.458 e. The third-order valence-electron chi connectivity index (χ3n) is 3.56. The molecule has 1 aliphatic heterocycles. The Balaban J connectivity index is 2.00. The Morgan fingerprint density at radius 1 is 0.963 bits per heavy atom. The maximum atomic E-state index is 11.9. The molecule has 0 radical (unpaired) electrons. The molecule has 9 nitrogen and oxygen atoms in total. The molecule has 0 spiro atoms. The maximum Gasteiger partial charge on any atom is 0.343 e. The maximum absolute atomic E-state index is 11.9. The summed E-state index contributed by atoms with van der Waals surface area (Å²) in [5.74, 6) is -1.23. The van der Waals surface area contributed by atoms with E-state index in [1.54, 1.807) is 20.8 Å². The molecule has 0 unspecified atom stereocenters. The zero-order chi connectivity index (χ0) is 20.5. The molecule has 0 saturated carbocycles. The first-order valence-corrected chi connectivity index (χ1v) is 9.03. The van der Waals surface area contributed by atoms with Gasteiger partial charge in [-0.15, -0.1) is 0 Å². The van der Waals surface area contributed by atoms with Gasteiger partial charge in [0.2, 0.25) is 0 Å². The third-order valence-corrected chi connectivity index (χ3v) is 3.56. The van der Waals surface area contributed by atoms with Crippen LogP contribution >= 0.6 is 0 Å². The van der Waals surface area contributed by atoms with Gasteiger partial charge >= 0.3 is 5.97 Å². The van der Waals surface area contributed by atoms with Crippen molar-refractivity contribution in [3.05, 3.63) is 12.2 Å². The van der Waals surface area contributed by atoms with E-state index in [0.717, 1.165) is 19.3 Å². The second-order valence-electron chi connectivity index (χ2n) is 7.43. The minimum absolute atomic E-state index is 0.169. The van der Waals surface area contributed by atoms with Crippen LogP contribution in [0.3, 0.4) is 0 Å². The summed E-state index contributed by atoms with van der Waals surface area (Å²) in [6.45, 7) is 6.57. The predicted octanol–water partition coefficient (Wildman–Crippen LogP) is 0.0703. The fraction of sp³-hybridized carbons (Fsp3) is 0.722. The highest BCUT2D eigenvalue weighted by atomic mass is 16.6. The molecule has 0 aliphatic carbocycles. The van der Waals surface area contributed by atoms with E-state index in [0.29, 0.717) is 19.8 Å². The quantitative estimate of drug-likeness (QED) is 0.209. The molecule has 1 heterocycles. The lowest BCUT2D eigenvalue weighted by Gasteiger charge is -2.27. The van der Waals surface area contributed by atoms with Crippen LogP contribution in [0.25, 0.3) is 0 Å². The topological polar surface area (TPSA) is 134 Å². The Kier molecular flexibility index (Phi) is 9.04. The normalized spacial score (nSPS) is 14.9. The van der Waals surface area contributed by atoms with Crippen molar-refractivity contribution in [1.82, 2.24) is 4.90 Å². The van der Waals surface area contributed by atoms with Gasteiger partial charge in [-0.2, -0.15) is 0 Å². The van der Waals surface area contributed by atoms with Crippen LogP contribution in [0.2, 0.25) is 0 Å². The number of esters is 1. The Morgan fingerprint density at radius 2 is 1.56 bits per heavy atom. The minimum atomic E-state index is -1.70. The number of carbonyl (C=O) groups is 3. The van der Waals surface area contributed by atoms with Gasteiger partial charge in [0, 0.05) is 25.3 Å². The largest absolute Gasteiger partial charge is 0.458 e. The first-order chi connectivity index (χ1) is 12.5. The van der Waals surface area contributed by atoms with Gasteiger partial charge in [0.05, 0.1) is 19.8 Å². The number of ether oxygens (including phenoxy) is 3. The highest BCUT2D eigenvalue weighted by molar-refractivity contribution is 6.12. The second kappa shape index (κ2) is 10.5. The summed E-state index contributed by atoms with van der Waals surface area (Å²) >= 11 is 0. The fourth-order valence-corrected chi connectivity index (χ4v) is 2.20. The monoisotopic (exact) mass is 385 g/mol. The third kappa shape index (κ3) is 9.09. The Morgan fingerprint density at radius 3 is 2.15 bits per heavy atom. The second-order valence-corrected chi connectivity index (χ2v) is 7.43. The van der Waals surface area contributed by atoms with E-state index in [2.05, 4.69) is 0 Å². The number of imide groups is 1. The molecule has 2 amide bonds. The smallest absolute Gasteiger partial charge is 0.343 e. The van der Waals surface area contributed by atoms with Gasteiger partial charge in [-0.3, -0.25) is 14.5 Å². The number of amides is 2. The summed E-state index contributed by atoms with van der Waals surface area (Å²) in [6.07, 6.45) is 4.94. The Hall–Kier alpha value is -1.81. The van der Waals surface area contributed by atoms with E-state index in [1.165, 1.54) is 17.1 Å². The van der Waals surface area contributed by atoms with E-state index in [4.69, 9.17) is 25.7 Å².